The fourth-order valence-electron chi connectivity index (χ4n) is 5.31. The topological polar surface area (TPSA) is 52.5 Å². The summed E-state index contributed by atoms with van der Waals surface area (Å²) >= 11 is 0. The molecule has 0 amide bonds. The number of aliphatic hydroxyl groups excluding tert-OH is 1. The van der Waals surface area contributed by atoms with Crippen molar-refractivity contribution in [3.8, 4) is 11.1 Å². The number of benzene rings is 1. The lowest BCUT2D eigenvalue weighted by atomic mass is 9.74. The smallest absolute Gasteiger partial charge is 0.0593 e. The molecule has 0 radical (unpaired) electrons. The third-order valence-corrected chi connectivity index (χ3v) is 6.86. The van der Waals surface area contributed by atoms with Crippen LogP contribution in [-0.2, 0) is 6.54 Å². The molecule has 0 spiro atoms. The van der Waals surface area contributed by atoms with Crippen molar-refractivity contribution < 1.29 is 5.11 Å². The van der Waals surface area contributed by atoms with Gasteiger partial charge >= 0.3 is 0 Å². The van der Waals surface area contributed by atoms with E-state index < -0.39 is 0 Å². The van der Waals surface area contributed by atoms with Crippen LogP contribution in [0.5, 0.6) is 0 Å². The van der Waals surface area contributed by atoms with Crippen molar-refractivity contribution in [2.24, 2.45) is 0 Å². The molecule has 160 valence electrons. The van der Waals surface area contributed by atoms with Crippen LogP contribution in [0.4, 0.5) is 0 Å². The Hall–Kier alpha value is -2.60. The van der Waals surface area contributed by atoms with Gasteiger partial charge in [0, 0.05) is 49.7 Å². The Morgan fingerprint density at radius 2 is 1.77 bits per heavy atom. The Labute approximate surface area is 184 Å². The van der Waals surface area contributed by atoms with E-state index in [2.05, 4.69) is 62.2 Å². The predicted octanol–water partition coefficient (Wildman–Crippen LogP) is 3.57. The molecule has 5 rings (SSSR count). The summed E-state index contributed by atoms with van der Waals surface area (Å²) in [6.07, 6.45) is 7.96. The summed E-state index contributed by atoms with van der Waals surface area (Å²) < 4.78 is 0. The molecule has 0 saturated carbocycles. The molecule has 5 nitrogen and oxygen atoms in total. The van der Waals surface area contributed by atoms with Gasteiger partial charge in [0.15, 0.2) is 0 Å². The fraction of sp³-hybridized carbons (Fsp3) is 0.385. The van der Waals surface area contributed by atoms with Gasteiger partial charge in [0.05, 0.1) is 12.3 Å². The minimum atomic E-state index is 0.212. The molecule has 0 bridgehead atoms. The lowest BCUT2D eigenvalue weighted by Crippen LogP contribution is -2.67. The highest BCUT2D eigenvalue weighted by Crippen LogP contribution is 2.42. The second kappa shape index (κ2) is 9.27. The zero-order valence-corrected chi connectivity index (χ0v) is 17.8. The maximum Gasteiger partial charge on any atom is 0.0593 e. The molecule has 5 heteroatoms. The van der Waals surface area contributed by atoms with E-state index >= 15 is 0 Å². The average molecular weight is 415 g/mol. The molecule has 3 atom stereocenters. The Balaban J connectivity index is 1.36. The summed E-state index contributed by atoms with van der Waals surface area (Å²) in [7, 11) is 0. The summed E-state index contributed by atoms with van der Waals surface area (Å²) in [5.41, 5.74) is 4.77. The van der Waals surface area contributed by atoms with Crippen molar-refractivity contribution in [2.75, 3.05) is 26.2 Å². The number of hydrogen-bond donors (Lipinski definition) is 1. The average Bonchev–Trinajstić information content (AvgIpc) is 2.81. The SMILES string of the molecule is OC[C@@H]1[C@@H](c2ccc(-c3cccnc3)cc2)[C@@H]2CN(Cc3ccccn3)CCCCN12. The van der Waals surface area contributed by atoms with E-state index in [9.17, 15) is 5.11 Å². The molecule has 1 aromatic carbocycles. The zero-order chi connectivity index (χ0) is 21.0. The zero-order valence-electron chi connectivity index (χ0n) is 17.8. The molecule has 4 heterocycles. The Kier molecular flexibility index (Phi) is 6.07. The maximum absolute atomic E-state index is 10.2. The Morgan fingerprint density at radius 1 is 0.903 bits per heavy atom. The second-order valence-corrected chi connectivity index (χ2v) is 8.71. The first-order valence-corrected chi connectivity index (χ1v) is 11.3. The third-order valence-electron chi connectivity index (χ3n) is 6.86. The highest BCUT2D eigenvalue weighted by molar-refractivity contribution is 5.62. The minimum absolute atomic E-state index is 0.212. The number of hydrogen-bond acceptors (Lipinski definition) is 5. The van der Waals surface area contributed by atoms with E-state index in [-0.39, 0.29) is 12.6 Å². The van der Waals surface area contributed by atoms with Gasteiger partial charge in [-0.3, -0.25) is 19.8 Å². The summed E-state index contributed by atoms with van der Waals surface area (Å²) in [4.78, 5) is 13.8. The summed E-state index contributed by atoms with van der Waals surface area (Å²) in [5.74, 6) is 0.359. The number of fused-ring (bicyclic) bond motifs is 1. The Morgan fingerprint density at radius 3 is 2.52 bits per heavy atom. The number of nitrogens with zero attached hydrogens (tertiary/aromatic N) is 4. The van der Waals surface area contributed by atoms with Gasteiger partial charge in [-0.15, -0.1) is 0 Å². The molecular formula is C26H30N4O. The van der Waals surface area contributed by atoms with Crippen molar-refractivity contribution in [1.82, 2.24) is 19.8 Å². The normalized spacial score (nSPS) is 24.6. The molecule has 2 aliphatic heterocycles. The van der Waals surface area contributed by atoms with Crippen LogP contribution in [-0.4, -0.2) is 63.2 Å². The van der Waals surface area contributed by atoms with Crippen molar-refractivity contribution in [2.45, 2.75) is 37.4 Å². The van der Waals surface area contributed by atoms with E-state index in [1.54, 1.807) is 6.20 Å². The van der Waals surface area contributed by atoms with Gasteiger partial charge in [-0.1, -0.05) is 36.4 Å². The van der Waals surface area contributed by atoms with E-state index in [0.29, 0.717) is 12.0 Å². The lowest BCUT2D eigenvalue weighted by Gasteiger charge is -2.57. The maximum atomic E-state index is 10.2. The molecule has 1 N–H and O–H groups in total. The second-order valence-electron chi connectivity index (χ2n) is 8.71. The molecule has 3 aromatic rings. The number of pyridine rings is 2. The summed E-state index contributed by atoms with van der Waals surface area (Å²) in [6, 6.07) is 19.7. The molecule has 2 fully saturated rings. The van der Waals surface area contributed by atoms with Gasteiger partial charge in [-0.2, -0.15) is 0 Å². The molecular weight excluding hydrogens is 384 g/mol. The van der Waals surface area contributed by atoms with E-state index in [4.69, 9.17) is 0 Å². The van der Waals surface area contributed by atoms with Crippen LogP contribution in [0.25, 0.3) is 11.1 Å². The third kappa shape index (κ3) is 4.26. The highest BCUT2D eigenvalue weighted by Gasteiger charge is 2.49. The fourth-order valence-corrected chi connectivity index (χ4v) is 5.31. The first kappa shape index (κ1) is 20.3. The largest absolute Gasteiger partial charge is 0.395 e. The van der Waals surface area contributed by atoms with Gasteiger partial charge in [-0.05, 0) is 60.8 Å². The van der Waals surface area contributed by atoms with E-state index in [1.165, 1.54) is 24.0 Å². The molecule has 0 unspecified atom stereocenters. The molecule has 2 aromatic heterocycles. The molecule has 31 heavy (non-hydrogen) atoms. The quantitative estimate of drug-likeness (QED) is 0.692. The molecule has 0 aliphatic carbocycles. The van der Waals surface area contributed by atoms with Crippen molar-refractivity contribution in [3.63, 3.8) is 0 Å². The van der Waals surface area contributed by atoms with E-state index in [1.807, 2.05) is 24.5 Å². The van der Waals surface area contributed by atoms with Gasteiger partial charge in [-0.25, -0.2) is 0 Å². The van der Waals surface area contributed by atoms with Crippen molar-refractivity contribution >= 4 is 0 Å². The van der Waals surface area contributed by atoms with Crippen LogP contribution in [0.1, 0.15) is 30.0 Å². The van der Waals surface area contributed by atoms with Gasteiger partial charge < -0.3 is 5.11 Å². The van der Waals surface area contributed by atoms with Crippen molar-refractivity contribution in [3.05, 3.63) is 84.4 Å². The molecule has 2 aliphatic rings. The summed E-state index contributed by atoms with van der Waals surface area (Å²) in [5, 5.41) is 10.2. The Bertz CT molecular complexity index is 964. The molecule has 2 saturated heterocycles. The summed E-state index contributed by atoms with van der Waals surface area (Å²) in [6.45, 7) is 4.31. The monoisotopic (exact) mass is 414 g/mol. The highest BCUT2D eigenvalue weighted by atomic mass is 16.3. The van der Waals surface area contributed by atoms with Crippen LogP contribution >= 0.6 is 0 Å². The van der Waals surface area contributed by atoms with Gasteiger partial charge in [0.2, 0.25) is 0 Å². The number of rotatable bonds is 5. The lowest BCUT2D eigenvalue weighted by molar-refractivity contribution is -0.0656. The van der Waals surface area contributed by atoms with Crippen LogP contribution < -0.4 is 0 Å². The van der Waals surface area contributed by atoms with Crippen LogP contribution in [0, 0.1) is 0 Å². The first-order chi connectivity index (χ1) is 15.3. The number of aromatic nitrogens is 2. The minimum Gasteiger partial charge on any atom is -0.395 e. The van der Waals surface area contributed by atoms with Gasteiger partial charge in [0.25, 0.3) is 0 Å². The first-order valence-electron chi connectivity index (χ1n) is 11.3. The van der Waals surface area contributed by atoms with Crippen LogP contribution in [0.2, 0.25) is 0 Å². The van der Waals surface area contributed by atoms with Crippen LogP contribution in [0.15, 0.2) is 73.2 Å². The van der Waals surface area contributed by atoms with Crippen LogP contribution in [0.3, 0.4) is 0 Å². The van der Waals surface area contributed by atoms with Crippen molar-refractivity contribution in [1.29, 1.82) is 0 Å². The van der Waals surface area contributed by atoms with E-state index in [0.717, 1.165) is 37.4 Å². The predicted molar refractivity (Wildman–Crippen MR) is 123 cm³/mol. The van der Waals surface area contributed by atoms with Gasteiger partial charge in [0.1, 0.15) is 0 Å². The number of aliphatic hydroxyl groups is 1. The standard InChI is InChI=1S/C26H30N4O/c31-19-25-26(21-10-8-20(9-11-21)22-6-5-12-27-16-22)24-18-29(14-3-4-15-30(24)25)17-23-7-1-2-13-28-23/h1-2,5-13,16,24-26,31H,3-4,14-15,17-19H2/t24-,25+,26-/m0/s1.